The van der Waals surface area contributed by atoms with Crippen LogP contribution >= 0.6 is 12.2 Å². The van der Waals surface area contributed by atoms with Gasteiger partial charge in [0.2, 0.25) is 0 Å². The minimum absolute atomic E-state index is 0.303. The average Bonchev–Trinajstić information content (AvgIpc) is 2.56. The minimum atomic E-state index is -0.303. The maximum Gasteiger partial charge on any atom is 0.175 e. The fourth-order valence-electron chi connectivity index (χ4n) is 2.31. The van der Waals surface area contributed by atoms with Gasteiger partial charge in [0, 0.05) is 16.9 Å². The lowest BCUT2D eigenvalue weighted by molar-refractivity contribution is 0.628. The lowest BCUT2D eigenvalue weighted by Crippen LogP contribution is -2.19. The molecule has 0 amide bonds. The molecule has 3 rings (SSSR count). The van der Waals surface area contributed by atoms with Crippen LogP contribution in [0, 0.1) is 5.82 Å². The summed E-state index contributed by atoms with van der Waals surface area (Å²) in [6, 6.07) is 24.2. The zero-order chi connectivity index (χ0) is 16.1. The van der Waals surface area contributed by atoms with Gasteiger partial charge in [0.05, 0.1) is 0 Å². The molecule has 0 aliphatic carbocycles. The van der Waals surface area contributed by atoms with Crippen molar-refractivity contribution in [2.75, 3.05) is 10.6 Å². The molecule has 23 heavy (non-hydrogen) atoms. The zero-order valence-corrected chi connectivity index (χ0v) is 13.1. The summed E-state index contributed by atoms with van der Waals surface area (Å²) in [6.45, 7) is 0. The van der Waals surface area contributed by atoms with Crippen molar-refractivity contribution < 1.29 is 4.39 Å². The Labute approximate surface area is 140 Å². The summed E-state index contributed by atoms with van der Waals surface area (Å²) in [4.78, 5) is 0. The molecule has 3 aromatic carbocycles. The molecule has 4 heteroatoms. The molecule has 2 N–H and O–H groups in total. The van der Waals surface area contributed by atoms with E-state index in [1.165, 1.54) is 12.1 Å². The van der Waals surface area contributed by atoms with Crippen molar-refractivity contribution in [2.24, 2.45) is 0 Å². The molecule has 0 aliphatic rings. The lowest BCUT2D eigenvalue weighted by Gasteiger charge is -2.14. The molecule has 3 aromatic rings. The Morgan fingerprint density at radius 3 is 2.30 bits per heavy atom. The van der Waals surface area contributed by atoms with Gasteiger partial charge in [0.25, 0.3) is 0 Å². The molecule has 0 fully saturated rings. The second-order valence-corrected chi connectivity index (χ2v) is 5.41. The summed E-state index contributed by atoms with van der Waals surface area (Å²) in [7, 11) is 0. The second kappa shape index (κ2) is 7.03. The summed E-state index contributed by atoms with van der Waals surface area (Å²) in [5, 5.41) is 6.58. The third-order valence-electron chi connectivity index (χ3n) is 3.34. The van der Waals surface area contributed by atoms with Crippen molar-refractivity contribution in [1.82, 2.24) is 0 Å². The molecule has 0 saturated carbocycles. The van der Waals surface area contributed by atoms with E-state index in [2.05, 4.69) is 10.6 Å². The highest BCUT2D eigenvalue weighted by molar-refractivity contribution is 7.80. The van der Waals surface area contributed by atoms with Crippen LogP contribution in [0.2, 0.25) is 0 Å². The number of nitrogens with one attached hydrogen (secondary N) is 2. The number of benzene rings is 3. The average molecular weight is 322 g/mol. The first-order chi connectivity index (χ1) is 11.2. The van der Waals surface area contributed by atoms with Gasteiger partial charge in [-0.15, -0.1) is 0 Å². The normalized spacial score (nSPS) is 10.1. The number of hydrogen-bond donors (Lipinski definition) is 2. The molecule has 0 aromatic heterocycles. The first-order valence-corrected chi connectivity index (χ1v) is 7.61. The molecule has 0 heterocycles. The monoisotopic (exact) mass is 322 g/mol. The quantitative estimate of drug-likeness (QED) is 0.640. The van der Waals surface area contributed by atoms with Gasteiger partial charge in [0.15, 0.2) is 5.11 Å². The number of anilines is 2. The van der Waals surface area contributed by atoms with Crippen molar-refractivity contribution >= 4 is 28.7 Å². The molecule has 0 atom stereocenters. The number of rotatable bonds is 3. The Hall–Kier alpha value is -2.72. The topological polar surface area (TPSA) is 24.1 Å². The van der Waals surface area contributed by atoms with Gasteiger partial charge in [-0.05, 0) is 42.0 Å². The van der Waals surface area contributed by atoms with E-state index >= 15 is 0 Å². The van der Waals surface area contributed by atoms with Gasteiger partial charge < -0.3 is 10.6 Å². The van der Waals surface area contributed by atoms with E-state index in [0.29, 0.717) is 10.8 Å². The number of para-hydroxylation sites is 1. The van der Waals surface area contributed by atoms with E-state index in [1.807, 2.05) is 54.6 Å². The molecule has 0 saturated heterocycles. The maximum atomic E-state index is 13.2. The fraction of sp³-hybridized carbons (Fsp3) is 0. The lowest BCUT2D eigenvalue weighted by atomic mass is 10.0. The highest BCUT2D eigenvalue weighted by atomic mass is 32.1. The van der Waals surface area contributed by atoms with Crippen molar-refractivity contribution in [3.05, 3.63) is 84.7 Å². The number of thiocarbonyl (C=S) groups is 1. The van der Waals surface area contributed by atoms with Crippen molar-refractivity contribution in [1.29, 1.82) is 0 Å². The SMILES string of the molecule is Fc1cccc(NC(=S)Nc2ccccc2-c2ccccc2)c1. The first kappa shape index (κ1) is 15.2. The van der Waals surface area contributed by atoms with Gasteiger partial charge in [-0.3, -0.25) is 0 Å². The van der Waals surface area contributed by atoms with Crippen LogP contribution in [0.1, 0.15) is 0 Å². The molecular formula is C19H15FN2S. The van der Waals surface area contributed by atoms with Crippen LogP contribution < -0.4 is 10.6 Å². The summed E-state index contributed by atoms with van der Waals surface area (Å²) in [6.07, 6.45) is 0. The van der Waals surface area contributed by atoms with Crippen LogP contribution in [-0.2, 0) is 0 Å². The first-order valence-electron chi connectivity index (χ1n) is 7.20. The van der Waals surface area contributed by atoms with E-state index in [1.54, 1.807) is 12.1 Å². The van der Waals surface area contributed by atoms with Gasteiger partial charge in [-0.1, -0.05) is 54.6 Å². The molecule has 0 bridgehead atoms. The number of hydrogen-bond acceptors (Lipinski definition) is 1. The van der Waals surface area contributed by atoms with E-state index in [9.17, 15) is 4.39 Å². The Balaban J connectivity index is 1.79. The van der Waals surface area contributed by atoms with Gasteiger partial charge >= 0.3 is 0 Å². The van der Waals surface area contributed by atoms with Crippen molar-refractivity contribution in [3.63, 3.8) is 0 Å². The van der Waals surface area contributed by atoms with Gasteiger partial charge in [-0.25, -0.2) is 4.39 Å². The van der Waals surface area contributed by atoms with Crippen LogP contribution in [0.15, 0.2) is 78.9 Å². The molecule has 114 valence electrons. The summed E-state index contributed by atoms with van der Waals surface area (Å²) >= 11 is 5.33. The Morgan fingerprint density at radius 2 is 1.52 bits per heavy atom. The Kier molecular flexibility index (Phi) is 4.64. The zero-order valence-electron chi connectivity index (χ0n) is 12.3. The van der Waals surface area contributed by atoms with Gasteiger partial charge in [-0.2, -0.15) is 0 Å². The smallest absolute Gasteiger partial charge is 0.175 e. The van der Waals surface area contributed by atoms with Crippen LogP contribution in [0.3, 0.4) is 0 Å². The van der Waals surface area contributed by atoms with Crippen LogP contribution in [0.5, 0.6) is 0 Å². The minimum Gasteiger partial charge on any atom is -0.332 e. The summed E-state index contributed by atoms with van der Waals surface area (Å²) in [5.41, 5.74) is 3.66. The largest absolute Gasteiger partial charge is 0.332 e. The molecule has 0 spiro atoms. The number of halogens is 1. The van der Waals surface area contributed by atoms with E-state index in [-0.39, 0.29) is 5.82 Å². The van der Waals surface area contributed by atoms with Crippen molar-refractivity contribution in [2.45, 2.75) is 0 Å². The van der Waals surface area contributed by atoms with E-state index in [0.717, 1.165) is 16.8 Å². The molecule has 0 unspecified atom stereocenters. The molecule has 0 aliphatic heterocycles. The van der Waals surface area contributed by atoms with Gasteiger partial charge in [0.1, 0.15) is 5.82 Å². The predicted octanol–water partition coefficient (Wildman–Crippen LogP) is 5.30. The third-order valence-corrected chi connectivity index (χ3v) is 3.55. The van der Waals surface area contributed by atoms with E-state index in [4.69, 9.17) is 12.2 Å². The highest BCUT2D eigenvalue weighted by Gasteiger charge is 2.06. The third kappa shape index (κ3) is 3.93. The highest BCUT2D eigenvalue weighted by Crippen LogP contribution is 2.27. The van der Waals surface area contributed by atoms with Crippen LogP contribution in [0.4, 0.5) is 15.8 Å². The Morgan fingerprint density at radius 1 is 0.783 bits per heavy atom. The summed E-state index contributed by atoms with van der Waals surface area (Å²) in [5.74, 6) is -0.303. The molecular weight excluding hydrogens is 307 g/mol. The summed E-state index contributed by atoms with van der Waals surface area (Å²) < 4.78 is 13.2. The second-order valence-electron chi connectivity index (χ2n) is 5.00. The maximum absolute atomic E-state index is 13.2. The van der Waals surface area contributed by atoms with Crippen molar-refractivity contribution in [3.8, 4) is 11.1 Å². The van der Waals surface area contributed by atoms with E-state index < -0.39 is 0 Å². The Bertz CT molecular complexity index is 818. The predicted molar refractivity (Wildman–Crippen MR) is 98.1 cm³/mol. The van der Waals surface area contributed by atoms with Crippen LogP contribution in [-0.4, -0.2) is 5.11 Å². The molecule has 0 radical (unpaired) electrons. The standard InChI is InChI=1S/C19H15FN2S/c20-15-9-6-10-16(13-15)21-19(23)22-18-12-5-4-11-17(18)14-7-2-1-3-8-14/h1-13H,(H2,21,22,23). The fourth-order valence-corrected chi connectivity index (χ4v) is 2.54. The molecule has 2 nitrogen and oxygen atoms in total. The van der Waals surface area contributed by atoms with Crippen LogP contribution in [0.25, 0.3) is 11.1 Å².